The molecule has 0 aliphatic carbocycles. The molecule has 0 saturated heterocycles. The molecule has 3 aromatic carbocycles. The van der Waals surface area contributed by atoms with Gasteiger partial charge in [0.25, 0.3) is 0 Å². The largest absolute Gasteiger partial charge is 0.418 e. The fourth-order valence-corrected chi connectivity index (χ4v) is 3.20. The van der Waals surface area contributed by atoms with Crippen molar-refractivity contribution >= 4 is 10.9 Å². The quantitative estimate of drug-likeness (QED) is 0.391. The first kappa shape index (κ1) is 18.2. The summed E-state index contributed by atoms with van der Waals surface area (Å²) in [5.41, 5.74) is 0.250. The maximum absolute atomic E-state index is 13.8. The van der Waals surface area contributed by atoms with Crippen LogP contribution in [0.15, 0.2) is 66.7 Å². The molecule has 0 aliphatic rings. The van der Waals surface area contributed by atoms with Crippen LogP contribution in [0.5, 0.6) is 0 Å². The second-order valence-electron chi connectivity index (χ2n) is 6.32. The predicted octanol–water partition coefficient (Wildman–Crippen LogP) is 6.05. The van der Waals surface area contributed by atoms with E-state index in [1.54, 1.807) is 12.1 Å². The lowest BCUT2D eigenvalue weighted by atomic mass is 10.0. The normalized spacial score (nSPS) is 11.9. The number of rotatable bonds is 3. The molecule has 4 rings (SSSR count). The number of nitrogens with zero attached hydrogens (tertiary/aromatic N) is 2. The Morgan fingerprint density at radius 3 is 2.25 bits per heavy atom. The highest BCUT2D eigenvalue weighted by Crippen LogP contribution is 2.38. The summed E-state index contributed by atoms with van der Waals surface area (Å²) in [5, 5.41) is 4.40. The van der Waals surface area contributed by atoms with Crippen LogP contribution in [0.25, 0.3) is 22.2 Å². The minimum atomic E-state index is -4.59. The monoisotopic (exact) mass is 388 g/mol. The lowest BCUT2D eigenvalue weighted by Gasteiger charge is -2.09. The highest BCUT2D eigenvalue weighted by Gasteiger charge is 2.34. The Bertz CT molecular complexity index is 1150. The van der Waals surface area contributed by atoms with Gasteiger partial charge in [0, 0.05) is 10.9 Å². The molecule has 1 heterocycles. The molecule has 0 atom stereocenters. The predicted molar refractivity (Wildman–Crippen MR) is 95.6 cm³/mol. The fourth-order valence-electron chi connectivity index (χ4n) is 3.20. The second kappa shape index (κ2) is 6.74. The van der Waals surface area contributed by atoms with Crippen molar-refractivity contribution in [1.29, 1.82) is 0 Å². The van der Waals surface area contributed by atoms with E-state index in [0.717, 1.165) is 23.8 Å². The highest BCUT2D eigenvalue weighted by atomic mass is 19.4. The topological polar surface area (TPSA) is 17.8 Å². The van der Waals surface area contributed by atoms with Gasteiger partial charge in [-0.15, -0.1) is 0 Å². The number of hydrogen-bond donors (Lipinski definition) is 0. The zero-order valence-corrected chi connectivity index (χ0v) is 14.3. The van der Waals surface area contributed by atoms with E-state index in [-0.39, 0.29) is 23.0 Å². The molecule has 142 valence electrons. The van der Waals surface area contributed by atoms with Gasteiger partial charge >= 0.3 is 6.18 Å². The van der Waals surface area contributed by atoms with E-state index in [2.05, 4.69) is 5.10 Å². The maximum atomic E-state index is 13.8. The van der Waals surface area contributed by atoms with Gasteiger partial charge in [0.2, 0.25) is 0 Å². The van der Waals surface area contributed by atoms with Crippen molar-refractivity contribution in [3.05, 3.63) is 89.5 Å². The van der Waals surface area contributed by atoms with Gasteiger partial charge in [-0.1, -0.05) is 42.5 Å². The Morgan fingerprint density at radius 1 is 0.821 bits per heavy atom. The van der Waals surface area contributed by atoms with E-state index in [1.807, 2.05) is 18.2 Å². The Kier molecular flexibility index (Phi) is 4.37. The molecule has 0 radical (unpaired) electrons. The number of benzene rings is 3. The van der Waals surface area contributed by atoms with E-state index in [9.17, 15) is 22.0 Å². The number of aromatic nitrogens is 2. The average molecular weight is 388 g/mol. The van der Waals surface area contributed by atoms with Crippen LogP contribution >= 0.6 is 0 Å². The van der Waals surface area contributed by atoms with E-state index in [1.165, 1.54) is 22.9 Å². The van der Waals surface area contributed by atoms with Crippen molar-refractivity contribution in [2.24, 2.45) is 0 Å². The first-order chi connectivity index (χ1) is 13.3. The summed E-state index contributed by atoms with van der Waals surface area (Å²) >= 11 is 0. The number of hydrogen-bond acceptors (Lipinski definition) is 1. The lowest BCUT2D eigenvalue weighted by molar-refractivity contribution is -0.136. The lowest BCUT2D eigenvalue weighted by Crippen LogP contribution is -2.06. The van der Waals surface area contributed by atoms with Crippen LogP contribution < -0.4 is 0 Å². The van der Waals surface area contributed by atoms with E-state index >= 15 is 0 Å². The number of halogens is 5. The zero-order valence-electron chi connectivity index (χ0n) is 14.3. The second-order valence-corrected chi connectivity index (χ2v) is 6.32. The van der Waals surface area contributed by atoms with Gasteiger partial charge in [-0.2, -0.15) is 18.3 Å². The van der Waals surface area contributed by atoms with Crippen molar-refractivity contribution in [2.45, 2.75) is 12.7 Å². The third-order valence-electron chi connectivity index (χ3n) is 4.44. The van der Waals surface area contributed by atoms with Crippen LogP contribution in [0.1, 0.15) is 11.1 Å². The number of alkyl halides is 3. The molecule has 4 aromatic rings. The highest BCUT2D eigenvalue weighted by molar-refractivity contribution is 5.95. The number of fused-ring (bicyclic) bond motifs is 1. The van der Waals surface area contributed by atoms with Crippen molar-refractivity contribution in [2.75, 3.05) is 0 Å². The standard InChI is InChI=1S/C21H13F5N2/c22-17-10-9-14(11-18(17)23)20-15-7-4-8-16(21(24,25)26)19(15)27-28(20)12-13-5-2-1-3-6-13/h1-11H,12H2. The minimum Gasteiger partial charge on any atom is -0.259 e. The van der Waals surface area contributed by atoms with Crippen LogP contribution in [0.2, 0.25) is 0 Å². The maximum Gasteiger partial charge on any atom is 0.418 e. The molecule has 0 aliphatic heterocycles. The summed E-state index contributed by atoms with van der Waals surface area (Å²) in [6.45, 7) is 0.182. The van der Waals surface area contributed by atoms with Crippen molar-refractivity contribution < 1.29 is 22.0 Å². The Labute approximate surface area is 156 Å². The van der Waals surface area contributed by atoms with Crippen molar-refractivity contribution in [3.8, 4) is 11.3 Å². The van der Waals surface area contributed by atoms with Gasteiger partial charge in [0.1, 0.15) is 5.52 Å². The SMILES string of the molecule is Fc1ccc(-c2c3cccc(C(F)(F)F)c3nn2Cc2ccccc2)cc1F. The van der Waals surface area contributed by atoms with E-state index in [0.29, 0.717) is 5.69 Å². The van der Waals surface area contributed by atoms with Crippen LogP contribution in [0.3, 0.4) is 0 Å². The van der Waals surface area contributed by atoms with Gasteiger partial charge in [0.15, 0.2) is 11.6 Å². The van der Waals surface area contributed by atoms with Gasteiger partial charge in [-0.3, -0.25) is 4.68 Å². The summed E-state index contributed by atoms with van der Waals surface area (Å²) in [7, 11) is 0. The third-order valence-corrected chi connectivity index (χ3v) is 4.44. The van der Waals surface area contributed by atoms with Gasteiger partial charge in [-0.05, 0) is 29.8 Å². The van der Waals surface area contributed by atoms with Crippen molar-refractivity contribution in [1.82, 2.24) is 9.78 Å². The molecule has 0 fully saturated rings. The van der Waals surface area contributed by atoms with E-state index in [4.69, 9.17) is 0 Å². The Morgan fingerprint density at radius 2 is 1.57 bits per heavy atom. The molecule has 0 N–H and O–H groups in total. The molecule has 0 unspecified atom stereocenters. The summed E-state index contributed by atoms with van der Waals surface area (Å²) < 4.78 is 68.9. The Hall–Kier alpha value is -3.22. The molecule has 0 spiro atoms. The molecule has 2 nitrogen and oxygen atoms in total. The van der Waals surface area contributed by atoms with Gasteiger partial charge in [-0.25, -0.2) is 8.78 Å². The summed E-state index contributed by atoms with van der Waals surface area (Å²) in [6.07, 6.45) is -4.59. The van der Waals surface area contributed by atoms with E-state index < -0.39 is 23.4 Å². The van der Waals surface area contributed by atoms with Crippen molar-refractivity contribution in [3.63, 3.8) is 0 Å². The smallest absolute Gasteiger partial charge is 0.259 e. The molecule has 0 saturated carbocycles. The molecular formula is C21H13F5N2. The van der Waals surface area contributed by atoms with Gasteiger partial charge < -0.3 is 0 Å². The summed E-state index contributed by atoms with van der Waals surface area (Å²) in [4.78, 5) is 0. The first-order valence-electron chi connectivity index (χ1n) is 8.40. The molecule has 7 heteroatoms. The Balaban J connectivity index is 1.99. The molecular weight excluding hydrogens is 375 g/mol. The first-order valence-corrected chi connectivity index (χ1v) is 8.40. The minimum absolute atomic E-state index is 0.182. The van der Waals surface area contributed by atoms with Crippen LogP contribution in [0, 0.1) is 11.6 Å². The average Bonchev–Trinajstić information content (AvgIpc) is 3.01. The van der Waals surface area contributed by atoms with Crippen LogP contribution in [-0.2, 0) is 12.7 Å². The summed E-state index contributed by atoms with van der Waals surface area (Å²) in [6, 6.07) is 16.0. The summed E-state index contributed by atoms with van der Waals surface area (Å²) in [5.74, 6) is -2.11. The van der Waals surface area contributed by atoms with Crippen LogP contribution in [-0.4, -0.2) is 9.78 Å². The fraction of sp³-hybridized carbons (Fsp3) is 0.0952. The molecule has 0 amide bonds. The molecule has 1 aromatic heterocycles. The van der Waals surface area contributed by atoms with Gasteiger partial charge in [0.05, 0.1) is 17.8 Å². The zero-order chi connectivity index (χ0) is 19.9. The molecule has 28 heavy (non-hydrogen) atoms. The third kappa shape index (κ3) is 3.24. The molecule has 0 bridgehead atoms. The van der Waals surface area contributed by atoms with Crippen LogP contribution in [0.4, 0.5) is 22.0 Å².